The Balaban J connectivity index is 5.24. The molecule has 5 unspecified atom stereocenters. The number of carboxylic acids is 1. The van der Waals surface area contributed by atoms with Crippen LogP contribution in [0.4, 0.5) is 0 Å². The van der Waals surface area contributed by atoms with Crippen molar-refractivity contribution in [2.75, 3.05) is 13.2 Å². The van der Waals surface area contributed by atoms with E-state index in [4.69, 9.17) is 17.2 Å². The van der Waals surface area contributed by atoms with Crippen molar-refractivity contribution in [1.29, 1.82) is 0 Å². The van der Waals surface area contributed by atoms with Gasteiger partial charge in [-0.25, -0.2) is 4.79 Å². The summed E-state index contributed by atoms with van der Waals surface area (Å²) in [6.45, 7) is 3.03. The summed E-state index contributed by atoms with van der Waals surface area (Å²) >= 11 is 0. The maximum Gasteiger partial charge on any atom is 0.326 e. The van der Waals surface area contributed by atoms with Gasteiger partial charge in [-0.15, -0.1) is 0 Å². The second-order valence-electron chi connectivity index (χ2n) is 7.58. The SMILES string of the molecule is CCC(C)C(NC(=O)C(N)CC(N)=O)C(=O)NC(CO)C(=O)NC(CCCCN)C(=O)O. The van der Waals surface area contributed by atoms with Gasteiger partial charge >= 0.3 is 5.97 Å². The number of hydrogen-bond donors (Lipinski definition) is 8. The van der Waals surface area contributed by atoms with E-state index in [1.165, 1.54) is 0 Å². The van der Waals surface area contributed by atoms with Crippen molar-refractivity contribution < 1.29 is 34.2 Å². The summed E-state index contributed by atoms with van der Waals surface area (Å²) in [5, 5.41) is 25.9. The number of aliphatic carboxylic acids is 1. The molecule has 0 aliphatic carbocycles. The summed E-state index contributed by atoms with van der Waals surface area (Å²) in [7, 11) is 0. The van der Waals surface area contributed by atoms with E-state index in [1.54, 1.807) is 13.8 Å². The van der Waals surface area contributed by atoms with Crippen LogP contribution in [-0.4, -0.2) is 77.1 Å². The zero-order chi connectivity index (χ0) is 24.8. The molecule has 0 aliphatic heterocycles. The van der Waals surface area contributed by atoms with Crippen LogP contribution < -0.4 is 33.2 Å². The molecule has 4 amide bonds. The molecule has 11 N–H and O–H groups in total. The third-order valence-electron chi connectivity index (χ3n) is 4.93. The minimum atomic E-state index is -1.44. The van der Waals surface area contributed by atoms with Crippen LogP contribution in [0.5, 0.6) is 0 Å². The minimum absolute atomic E-state index is 0.133. The van der Waals surface area contributed by atoms with Crippen LogP contribution in [0.3, 0.4) is 0 Å². The quantitative estimate of drug-likeness (QED) is 0.109. The predicted molar refractivity (Wildman–Crippen MR) is 115 cm³/mol. The average Bonchev–Trinajstić information content (AvgIpc) is 2.73. The zero-order valence-corrected chi connectivity index (χ0v) is 18.5. The number of rotatable bonds is 16. The van der Waals surface area contributed by atoms with Crippen molar-refractivity contribution in [2.24, 2.45) is 23.1 Å². The molecule has 0 saturated heterocycles. The van der Waals surface area contributed by atoms with E-state index < -0.39 is 66.8 Å². The molecule has 0 saturated carbocycles. The summed E-state index contributed by atoms with van der Waals surface area (Å²) in [4.78, 5) is 59.7. The van der Waals surface area contributed by atoms with Gasteiger partial charge < -0.3 is 43.4 Å². The first-order valence-electron chi connectivity index (χ1n) is 10.5. The lowest BCUT2D eigenvalue weighted by atomic mass is 9.97. The molecular weight excluding hydrogens is 424 g/mol. The van der Waals surface area contributed by atoms with Gasteiger partial charge in [-0.1, -0.05) is 20.3 Å². The Morgan fingerprint density at radius 2 is 1.53 bits per heavy atom. The van der Waals surface area contributed by atoms with Crippen molar-refractivity contribution in [1.82, 2.24) is 16.0 Å². The monoisotopic (exact) mass is 460 g/mol. The van der Waals surface area contributed by atoms with Gasteiger partial charge in [-0.2, -0.15) is 0 Å². The maximum absolute atomic E-state index is 12.7. The highest BCUT2D eigenvalue weighted by molar-refractivity contribution is 5.95. The lowest BCUT2D eigenvalue weighted by Gasteiger charge is -2.27. The lowest BCUT2D eigenvalue weighted by Crippen LogP contribution is -2.59. The van der Waals surface area contributed by atoms with Gasteiger partial charge in [0, 0.05) is 0 Å². The number of amides is 4. The largest absolute Gasteiger partial charge is 0.480 e. The van der Waals surface area contributed by atoms with E-state index in [-0.39, 0.29) is 12.3 Å². The number of carbonyl (C=O) groups is 5. The van der Waals surface area contributed by atoms with Crippen LogP contribution in [0.1, 0.15) is 46.0 Å². The van der Waals surface area contributed by atoms with E-state index in [0.29, 0.717) is 25.8 Å². The summed E-state index contributed by atoms with van der Waals surface area (Å²) < 4.78 is 0. The topological polar surface area (TPSA) is 240 Å². The highest BCUT2D eigenvalue weighted by Crippen LogP contribution is 2.09. The summed E-state index contributed by atoms with van der Waals surface area (Å²) in [5.41, 5.74) is 16.0. The van der Waals surface area contributed by atoms with Gasteiger partial charge in [0.05, 0.1) is 19.1 Å². The molecule has 0 aromatic heterocycles. The summed E-state index contributed by atoms with van der Waals surface area (Å²) in [5.74, 6) is -4.87. The summed E-state index contributed by atoms with van der Waals surface area (Å²) in [6, 6.07) is -5.03. The fourth-order valence-electron chi connectivity index (χ4n) is 2.75. The first-order valence-corrected chi connectivity index (χ1v) is 10.5. The third kappa shape index (κ3) is 10.5. The number of hydrogen-bond acceptors (Lipinski definition) is 8. The molecule has 13 nitrogen and oxygen atoms in total. The van der Waals surface area contributed by atoms with Gasteiger partial charge in [0.15, 0.2) is 0 Å². The Kier molecular flexibility index (Phi) is 13.8. The number of nitrogens with two attached hydrogens (primary N) is 3. The molecule has 0 radical (unpaired) electrons. The second kappa shape index (κ2) is 15.1. The molecule has 13 heteroatoms. The number of primary amides is 1. The molecule has 0 aromatic carbocycles. The van der Waals surface area contributed by atoms with Crippen molar-refractivity contribution in [2.45, 2.75) is 70.1 Å². The first kappa shape index (κ1) is 29.2. The van der Waals surface area contributed by atoms with Crippen molar-refractivity contribution in [3.8, 4) is 0 Å². The Morgan fingerprint density at radius 1 is 0.938 bits per heavy atom. The molecule has 0 fully saturated rings. The van der Waals surface area contributed by atoms with Gasteiger partial charge in [0.25, 0.3) is 0 Å². The van der Waals surface area contributed by atoms with Crippen LogP contribution in [0.2, 0.25) is 0 Å². The Morgan fingerprint density at radius 3 is 2.00 bits per heavy atom. The lowest BCUT2D eigenvalue weighted by molar-refractivity contribution is -0.143. The molecule has 0 rings (SSSR count). The molecule has 0 heterocycles. The van der Waals surface area contributed by atoms with Crippen molar-refractivity contribution in [3.63, 3.8) is 0 Å². The van der Waals surface area contributed by atoms with Gasteiger partial charge in [-0.05, 0) is 31.7 Å². The minimum Gasteiger partial charge on any atom is -0.480 e. The molecule has 0 aromatic rings. The molecule has 0 spiro atoms. The average molecular weight is 461 g/mol. The zero-order valence-electron chi connectivity index (χ0n) is 18.5. The van der Waals surface area contributed by atoms with Crippen LogP contribution in [0, 0.1) is 5.92 Å². The maximum atomic E-state index is 12.7. The van der Waals surface area contributed by atoms with Gasteiger partial charge in [-0.3, -0.25) is 19.2 Å². The van der Waals surface area contributed by atoms with Crippen LogP contribution in [0.15, 0.2) is 0 Å². The van der Waals surface area contributed by atoms with E-state index in [0.717, 1.165) is 0 Å². The number of nitrogens with one attached hydrogen (secondary N) is 3. The second-order valence-corrected chi connectivity index (χ2v) is 7.58. The standard InChI is InChI=1S/C19H36N6O7/c1-3-10(2)15(25-16(28)11(21)8-14(22)27)18(30)24-13(9-26)17(29)23-12(19(31)32)6-4-5-7-20/h10-13,15,26H,3-9,20-21H2,1-2H3,(H2,22,27)(H,23,29)(H,24,30)(H,25,28)(H,31,32). The van der Waals surface area contributed by atoms with E-state index in [2.05, 4.69) is 16.0 Å². The fraction of sp³-hybridized carbons (Fsp3) is 0.737. The third-order valence-corrected chi connectivity index (χ3v) is 4.93. The van der Waals surface area contributed by atoms with Gasteiger partial charge in [0.2, 0.25) is 23.6 Å². The van der Waals surface area contributed by atoms with Crippen molar-refractivity contribution in [3.05, 3.63) is 0 Å². The van der Waals surface area contributed by atoms with Crippen LogP contribution >= 0.6 is 0 Å². The van der Waals surface area contributed by atoms with Crippen molar-refractivity contribution >= 4 is 29.6 Å². The first-order chi connectivity index (χ1) is 15.0. The normalized spacial score (nSPS) is 15.5. The molecule has 184 valence electrons. The highest BCUT2D eigenvalue weighted by atomic mass is 16.4. The Hall–Kier alpha value is -2.77. The number of carboxylic acid groups (broad SMARTS) is 1. The Labute approximate surface area is 186 Å². The van der Waals surface area contributed by atoms with Gasteiger partial charge in [0.1, 0.15) is 18.1 Å². The number of unbranched alkanes of at least 4 members (excludes halogenated alkanes) is 1. The van der Waals surface area contributed by atoms with E-state index >= 15 is 0 Å². The summed E-state index contributed by atoms with van der Waals surface area (Å²) in [6.07, 6.45) is 1.24. The number of carbonyl (C=O) groups excluding carboxylic acids is 4. The van der Waals surface area contributed by atoms with E-state index in [9.17, 15) is 34.2 Å². The fourth-order valence-corrected chi connectivity index (χ4v) is 2.75. The number of aliphatic hydroxyl groups excluding tert-OH is 1. The molecular formula is C19H36N6O7. The van der Waals surface area contributed by atoms with E-state index in [1.807, 2.05) is 0 Å². The molecule has 32 heavy (non-hydrogen) atoms. The predicted octanol–water partition coefficient (Wildman–Crippen LogP) is -3.10. The van der Waals surface area contributed by atoms with Crippen LogP contribution in [-0.2, 0) is 24.0 Å². The smallest absolute Gasteiger partial charge is 0.326 e. The molecule has 0 aliphatic rings. The highest BCUT2D eigenvalue weighted by Gasteiger charge is 2.32. The Bertz CT molecular complexity index is 660. The molecule has 5 atom stereocenters. The molecule has 0 bridgehead atoms. The number of aliphatic hydroxyl groups is 1. The van der Waals surface area contributed by atoms with Crippen LogP contribution in [0.25, 0.3) is 0 Å².